The van der Waals surface area contributed by atoms with Crippen molar-refractivity contribution < 1.29 is 38.9 Å². The minimum atomic E-state index is -1.33. The van der Waals surface area contributed by atoms with Crippen molar-refractivity contribution in [1.82, 2.24) is 16.0 Å². The van der Waals surface area contributed by atoms with E-state index in [1.54, 1.807) is 51.1 Å². The van der Waals surface area contributed by atoms with Gasteiger partial charge in [0.05, 0.1) is 12.1 Å². The van der Waals surface area contributed by atoms with Crippen LogP contribution in [0.1, 0.15) is 56.7 Å². The first-order chi connectivity index (χ1) is 23.7. The number of primary amides is 1. The number of carbonyl (C=O) groups excluding carboxylic acids is 4. The predicted octanol–water partition coefficient (Wildman–Crippen LogP) is 3.29. The number of alkyl carbamates (subject to hydrolysis) is 1. The molecule has 50 heavy (non-hydrogen) atoms. The van der Waals surface area contributed by atoms with Crippen molar-refractivity contribution >= 4 is 29.8 Å². The van der Waals surface area contributed by atoms with Crippen LogP contribution in [0.5, 0.6) is 0 Å². The highest BCUT2D eigenvalue weighted by Gasteiger charge is 2.33. The van der Waals surface area contributed by atoms with Crippen LogP contribution in [0.25, 0.3) is 0 Å². The molecule has 0 aliphatic heterocycles. The van der Waals surface area contributed by atoms with E-state index in [2.05, 4.69) is 16.0 Å². The summed E-state index contributed by atoms with van der Waals surface area (Å²) in [6.45, 7) is 5.17. The molecular weight excluding hydrogens is 640 g/mol. The molecule has 0 radical (unpaired) electrons. The molecule has 3 aromatic rings. The zero-order valence-electron chi connectivity index (χ0n) is 28.7. The maximum Gasteiger partial charge on any atom is 0.407 e. The van der Waals surface area contributed by atoms with Gasteiger partial charge in [-0.1, -0.05) is 91.0 Å². The summed E-state index contributed by atoms with van der Waals surface area (Å²) in [6, 6.07) is 23.9. The lowest BCUT2D eigenvalue weighted by Crippen LogP contribution is -2.55. The van der Waals surface area contributed by atoms with Crippen molar-refractivity contribution in [3.63, 3.8) is 0 Å². The average molecular weight is 689 g/mol. The van der Waals surface area contributed by atoms with E-state index in [4.69, 9.17) is 10.5 Å². The first-order valence-electron chi connectivity index (χ1n) is 16.6. The Kier molecular flexibility index (Phi) is 15.0. The van der Waals surface area contributed by atoms with Crippen LogP contribution in [0.3, 0.4) is 0 Å². The van der Waals surface area contributed by atoms with E-state index in [9.17, 15) is 34.2 Å². The third-order valence-corrected chi connectivity index (χ3v) is 7.91. The van der Waals surface area contributed by atoms with Crippen molar-refractivity contribution in [2.75, 3.05) is 0 Å². The molecule has 12 nitrogen and oxygen atoms in total. The van der Waals surface area contributed by atoms with E-state index in [0.717, 1.165) is 16.7 Å². The number of ether oxygens (including phenoxy) is 1. The van der Waals surface area contributed by atoms with Crippen molar-refractivity contribution in [1.29, 1.82) is 0 Å². The molecule has 3 aromatic carbocycles. The number of nitrogens with two attached hydrogens (primary N) is 1. The fraction of sp³-hybridized carbons (Fsp3) is 0.395. The fourth-order valence-corrected chi connectivity index (χ4v) is 5.42. The normalized spacial score (nSPS) is 14.2. The molecule has 5 atom stereocenters. The number of carbonyl (C=O) groups is 5. The third-order valence-electron chi connectivity index (χ3n) is 7.91. The molecule has 4 amide bonds. The smallest absolute Gasteiger partial charge is 0.407 e. The highest BCUT2D eigenvalue weighted by molar-refractivity contribution is 5.92. The average Bonchev–Trinajstić information content (AvgIpc) is 3.06. The van der Waals surface area contributed by atoms with E-state index in [1.165, 1.54) is 0 Å². The summed E-state index contributed by atoms with van der Waals surface area (Å²) in [6.07, 6.45) is -2.30. The zero-order valence-corrected chi connectivity index (χ0v) is 28.7. The molecule has 12 heteroatoms. The Labute approximate surface area is 292 Å². The SMILES string of the molecule is CC(C)(C)OC(=O)N[C@@H](Cc1ccccc1)[C@@H](O)C[C@@H](Cc1ccccc1)C(=O)N[C@@H](CCC(=O)O)C(=O)N[C@@H](Cc1ccccc1)C(N)=O. The topological polar surface area (TPSA) is 197 Å². The Morgan fingerprint density at radius 1 is 0.700 bits per heavy atom. The third kappa shape index (κ3) is 14.1. The van der Waals surface area contributed by atoms with Crippen molar-refractivity contribution in [2.24, 2.45) is 11.7 Å². The van der Waals surface area contributed by atoms with Crippen LogP contribution in [0.2, 0.25) is 0 Å². The van der Waals surface area contributed by atoms with Gasteiger partial charge in [0.1, 0.15) is 17.7 Å². The Morgan fingerprint density at radius 2 is 1.18 bits per heavy atom. The van der Waals surface area contributed by atoms with Crippen LogP contribution in [0, 0.1) is 5.92 Å². The Hall–Kier alpha value is -5.23. The lowest BCUT2D eigenvalue weighted by molar-refractivity contribution is -0.138. The number of hydrogen-bond acceptors (Lipinski definition) is 7. The predicted molar refractivity (Wildman–Crippen MR) is 188 cm³/mol. The molecule has 0 bridgehead atoms. The largest absolute Gasteiger partial charge is 0.481 e. The molecule has 0 saturated heterocycles. The van der Waals surface area contributed by atoms with Gasteiger partial charge < -0.3 is 36.6 Å². The first-order valence-corrected chi connectivity index (χ1v) is 16.6. The Morgan fingerprint density at radius 3 is 1.66 bits per heavy atom. The second-order valence-electron chi connectivity index (χ2n) is 13.3. The molecule has 0 unspecified atom stereocenters. The number of benzene rings is 3. The molecule has 0 aliphatic rings. The molecule has 0 fully saturated rings. The quantitative estimate of drug-likeness (QED) is 0.117. The van der Waals surface area contributed by atoms with Gasteiger partial charge in [-0.05, 0) is 63.1 Å². The second kappa shape index (κ2) is 19.1. The summed E-state index contributed by atoms with van der Waals surface area (Å²) in [7, 11) is 0. The van der Waals surface area contributed by atoms with Crippen molar-refractivity contribution in [3.8, 4) is 0 Å². The van der Waals surface area contributed by atoms with Gasteiger partial charge >= 0.3 is 12.1 Å². The molecule has 3 rings (SSSR count). The van der Waals surface area contributed by atoms with Gasteiger partial charge in [-0.25, -0.2) is 4.79 Å². The van der Waals surface area contributed by atoms with Crippen LogP contribution in [0.4, 0.5) is 4.79 Å². The number of amides is 4. The van der Waals surface area contributed by atoms with E-state index in [-0.39, 0.29) is 32.1 Å². The monoisotopic (exact) mass is 688 g/mol. The molecular formula is C38H48N4O8. The minimum absolute atomic E-state index is 0.0950. The van der Waals surface area contributed by atoms with E-state index < -0.39 is 72.0 Å². The maximum atomic E-state index is 14.0. The molecule has 0 aliphatic carbocycles. The first kappa shape index (κ1) is 39.2. The highest BCUT2D eigenvalue weighted by Crippen LogP contribution is 2.20. The number of aliphatic hydroxyl groups is 1. The van der Waals surface area contributed by atoms with E-state index >= 15 is 0 Å². The summed E-state index contributed by atoms with van der Waals surface area (Å²) in [5.41, 5.74) is 7.16. The number of hydrogen-bond donors (Lipinski definition) is 6. The van der Waals surface area contributed by atoms with Gasteiger partial charge in [-0.15, -0.1) is 0 Å². The van der Waals surface area contributed by atoms with Crippen LogP contribution in [0.15, 0.2) is 91.0 Å². The van der Waals surface area contributed by atoms with E-state index in [0.29, 0.717) is 0 Å². The lowest BCUT2D eigenvalue weighted by Gasteiger charge is -2.30. The van der Waals surface area contributed by atoms with Gasteiger partial charge in [-0.2, -0.15) is 0 Å². The number of rotatable bonds is 18. The molecule has 0 saturated carbocycles. The number of nitrogens with one attached hydrogen (secondary N) is 3. The standard InChI is InChI=1S/C38H48N4O8/c1-38(2,3)50-37(49)42-30(22-26-15-9-5-10-16-26)32(43)24-28(21-25-13-7-4-8-14-25)35(47)40-29(19-20-33(44)45)36(48)41-31(34(39)46)23-27-17-11-6-12-18-27/h4-18,28-32,43H,19-24H2,1-3H3,(H2,39,46)(H,40,47)(H,41,48)(H,42,49)(H,44,45)/t28-,29+,30+,31+,32+/m1/s1. The number of carboxylic acid groups (broad SMARTS) is 1. The lowest BCUT2D eigenvalue weighted by atomic mass is 9.88. The van der Waals surface area contributed by atoms with Crippen LogP contribution in [-0.2, 0) is 43.2 Å². The van der Waals surface area contributed by atoms with Crippen molar-refractivity contribution in [2.45, 2.75) is 89.1 Å². The summed E-state index contributed by atoms with van der Waals surface area (Å²) in [5.74, 6) is -4.28. The highest BCUT2D eigenvalue weighted by atomic mass is 16.6. The van der Waals surface area contributed by atoms with Gasteiger partial charge in [0.2, 0.25) is 17.7 Å². The molecule has 0 heterocycles. The molecule has 0 spiro atoms. The van der Waals surface area contributed by atoms with E-state index in [1.807, 2.05) is 60.7 Å². The summed E-state index contributed by atoms with van der Waals surface area (Å²) < 4.78 is 5.45. The fourth-order valence-electron chi connectivity index (χ4n) is 5.42. The van der Waals surface area contributed by atoms with Crippen molar-refractivity contribution in [3.05, 3.63) is 108 Å². The minimum Gasteiger partial charge on any atom is -0.481 e. The van der Waals surface area contributed by atoms with Gasteiger partial charge in [0, 0.05) is 18.8 Å². The Bertz CT molecular complexity index is 1550. The zero-order chi connectivity index (χ0) is 36.7. The summed E-state index contributed by atoms with van der Waals surface area (Å²) in [5, 5.41) is 29.0. The van der Waals surface area contributed by atoms with Crippen LogP contribution >= 0.6 is 0 Å². The molecule has 7 N–H and O–H groups in total. The Balaban J connectivity index is 1.86. The van der Waals surface area contributed by atoms with Crippen LogP contribution in [-0.4, -0.2) is 69.8 Å². The molecule has 0 aromatic heterocycles. The summed E-state index contributed by atoms with van der Waals surface area (Å²) in [4.78, 5) is 64.1. The van der Waals surface area contributed by atoms with Gasteiger partial charge in [0.15, 0.2) is 0 Å². The number of aliphatic hydroxyl groups excluding tert-OH is 1. The summed E-state index contributed by atoms with van der Waals surface area (Å²) >= 11 is 0. The molecule has 268 valence electrons. The number of aliphatic carboxylic acids is 1. The van der Waals surface area contributed by atoms with Gasteiger partial charge in [0.25, 0.3) is 0 Å². The van der Waals surface area contributed by atoms with Crippen LogP contribution < -0.4 is 21.7 Å². The van der Waals surface area contributed by atoms with Gasteiger partial charge in [-0.3, -0.25) is 19.2 Å². The maximum absolute atomic E-state index is 14.0. The number of carboxylic acids is 1. The second-order valence-corrected chi connectivity index (χ2v) is 13.3.